The molecule has 4 N–H and O–H groups in total. The lowest BCUT2D eigenvalue weighted by atomic mass is 10.1. The fraction of sp³-hybridized carbons (Fsp3) is 0.471. The number of hydroxylamine groups is 1. The fourth-order valence-electron chi connectivity index (χ4n) is 2.25. The topological polar surface area (TPSA) is 108 Å². The maximum Gasteiger partial charge on any atom is 0.246 e. The Morgan fingerprint density at radius 3 is 2.56 bits per heavy atom. The Kier molecular flexibility index (Phi) is 9.79. The second-order valence-corrected chi connectivity index (χ2v) is 6.57. The van der Waals surface area contributed by atoms with Crippen LogP contribution in [0.5, 0.6) is 0 Å². The maximum atomic E-state index is 12.5. The van der Waals surface area contributed by atoms with E-state index < -0.39 is 11.9 Å². The highest BCUT2D eigenvalue weighted by Gasteiger charge is 2.20. The van der Waals surface area contributed by atoms with Crippen molar-refractivity contribution in [3.05, 3.63) is 28.7 Å². The van der Waals surface area contributed by atoms with Crippen molar-refractivity contribution in [2.75, 3.05) is 5.32 Å². The Bertz CT molecular complexity index is 595. The molecule has 1 aromatic carbocycles. The fourth-order valence-corrected chi connectivity index (χ4v) is 2.65. The van der Waals surface area contributed by atoms with E-state index in [0.29, 0.717) is 37.8 Å². The number of hydrogen-bond acceptors (Lipinski definition) is 4. The van der Waals surface area contributed by atoms with E-state index in [1.165, 1.54) is 0 Å². The highest BCUT2D eigenvalue weighted by atomic mass is 79.9. The molecule has 8 heteroatoms. The lowest BCUT2D eigenvalue weighted by molar-refractivity contribution is -0.129. The van der Waals surface area contributed by atoms with Crippen LogP contribution in [-0.2, 0) is 14.4 Å². The van der Waals surface area contributed by atoms with E-state index in [1.807, 2.05) is 13.0 Å². The zero-order chi connectivity index (χ0) is 18.7. The Labute approximate surface area is 155 Å². The van der Waals surface area contributed by atoms with E-state index in [-0.39, 0.29) is 18.2 Å². The maximum absolute atomic E-state index is 12.5. The van der Waals surface area contributed by atoms with Crippen LogP contribution in [0.25, 0.3) is 0 Å². The van der Waals surface area contributed by atoms with Crippen LogP contribution in [0.1, 0.15) is 45.4 Å². The molecule has 0 fully saturated rings. The molecule has 1 unspecified atom stereocenters. The van der Waals surface area contributed by atoms with Gasteiger partial charge in [0, 0.05) is 23.0 Å². The van der Waals surface area contributed by atoms with Crippen molar-refractivity contribution in [1.29, 1.82) is 0 Å². The van der Waals surface area contributed by atoms with Crippen LogP contribution in [-0.4, -0.2) is 29.0 Å². The molecule has 1 aromatic rings. The largest absolute Gasteiger partial charge is 0.344 e. The summed E-state index contributed by atoms with van der Waals surface area (Å²) in [5.74, 6) is -0.940. The first-order valence-corrected chi connectivity index (χ1v) is 9.04. The van der Waals surface area contributed by atoms with Gasteiger partial charge in [-0.3, -0.25) is 19.6 Å². The molecule has 0 aromatic heterocycles. The van der Waals surface area contributed by atoms with Gasteiger partial charge in [-0.15, -0.1) is 0 Å². The summed E-state index contributed by atoms with van der Waals surface area (Å²) in [5.41, 5.74) is 2.20. The molecule has 0 radical (unpaired) electrons. The van der Waals surface area contributed by atoms with Crippen LogP contribution >= 0.6 is 15.9 Å². The number of hydrogen-bond donors (Lipinski definition) is 4. The van der Waals surface area contributed by atoms with Crippen LogP contribution in [0.15, 0.2) is 28.7 Å². The summed E-state index contributed by atoms with van der Waals surface area (Å²) >= 11 is 3.34. The predicted octanol–water partition coefficient (Wildman–Crippen LogP) is 2.74. The number of amides is 3. The van der Waals surface area contributed by atoms with Crippen molar-refractivity contribution < 1.29 is 19.6 Å². The number of carbonyl (C=O) groups is 3. The molecule has 0 saturated heterocycles. The first kappa shape index (κ1) is 21.1. The minimum absolute atomic E-state index is 0.166. The third-order valence-corrected chi connectivity index (χ3v) is 3.99. The van der Waals surface area contributed by atoms with Crippen molar-refractivity contribution in [2.24, 2.45) is 0 Å². The number of unbranched alkanes of at least 4 members (excludes halogenated alkanes) is 1. The molecule has 1 atom stereocenters. The van der Waals surface area contributed by atoms with E-state index in [0.717, 1.165) is 4.47 Å². The van der Waals surface area contributed by atoms with E-state index in [2.05, 4.69) is 26.6 Å². The van der Waals surface area contributed by atoms with Gasteiger partial charge < -0.3 is 10.6 Å². The average molecular weight is 414 g/mol. The molecule has 0 saturated carbocycles. The molecule has 0 spiro atoms. The molecule has 0 aliphatic carbocycles. The van der Waals surface area contributed by atoms with Crippen LogP contribution in [0.2, 0.25) is 0 Å². The SMILES string of the molecule is CCCC(=O)NC(CCCCC(=O)NO)C(=O)Nc1cccc(Br)c1. The number of rotatable bonds is 10. The van der Waals surface area contributed by atoms with E-state index in [1.54, 1.807) is 23.7 Å². The molecule has 3 amide bonds. The van der Waals surface area contributed by atoms with Gasteiger partial charge in [-0.05, 0) is 37.5 Å². The van der Waals surface area contributed by atoms with Crippen LogP contribution < -0.4 is 16.1 Å². The third-order valence-electron chi connectivity index (χ3n) is 3.49. The Hall–Kier alpha value is -1.93. The van der Waals surface area contributed by atoms with E-state index >= 15 is 0 Å². The number of nitrogens with one attached hydrogen (secondary N) is 3. The minimum atomic E-state index is -0.671. The number of anilines is 1. The van der Waals surface area contributed by atoms with Gasteiger partial charge in [0.15, 0.2) is 0 Å². The second-order valence-electron chi connectivity index (χ2n) is 5.65. The van der Waals surface area contributed by atoms with Gasteiger partial charge in [0.2, 0.25) is 17.7 Å². The summed E-state index contributed by atoms with van der Waals surface area (Å²) in [6.07, 6.45) is 2.70. The molecule has 0 bridgehead atoms. The predicted molar refractivity (Wildman–Crippen MR) is 98.0 cm³/mol. The van der Waals surface area contributed by atoms with Gasteiger partial charge in [-0.2, -0.15) is 0 Å². The monoisotopic (exact) mass is 413 g/mol. The summed E-state index contributed by atoms with van der Waals surface area (Å²) in [6.45, 7) is 1.89. The molecular formula is C17H24BrN3O4. The summed E-state index contributed by atoms with van der Waals surface area (Å²) in [7, 11) is 0. The van der Waals surface area contributed by atoms with E-state index in [4.69, 9.17) is 5.21 Å². The van der Waals surface area contributed by atoms with Gasteiger partial charge in [0.1, 0.15) is 6.04 Å². The standard InChI is InChI=1S/C17H24BrN3O4/c1-2-6-15(22)20-14(9-3-4-10-16(23)21-25)17(24)19-13-8-5-7-12(18)11-13/h5,7-8,11,14,25H,2-4,6,9-10H2,1H3,(H,19,24)(H,20,22)(H,21,23). The number of benzene rings is 1. The zero-order valence-corrected chi connectivity index (χ0v) is 15.8. The van der Waals surface area contributed by atoms with Crippen molar-refractivity contribution >= 4 is 39.3 Å². The minimum Gasteiger partial charge on any atom is -0.344 e. The normalized spacial score (nSPS) is 11.5. The highest BCUT2D eigenvalue weighted by Crippen LogP contribution is 2.16. The first-order valence-electron chi connectivity index (χ1n) is 8.25. The summed E-state index contributed by atoms with van der Waals surface area (Å²) in [6, 6.07) is 6.52. The average Bonchev–Trinajstić information content (AvgIpc) is 2.57. The van der Waals surface area contributed by atoms with E-state index in [9.17, 15) is 14.4 Å². The lowest BCUT2D eigenvalue weighted by Crippen LogP contribution is -2.43. The quantitative estimate of drug-likeness (QED) is 0.268. The van der Waals surface area contributed by atoms with Crippen molar-refractivity contribution in [2.45, 2.75) is 51.5 Å². The third kappa shape index (κ3) is 8.64. The Morgan fingerprint density at radius 2 is 1.92 bits per heavy atom. The van der Waals surface area contributed by atoms with Crippen molar-refractivity contribution in [3.63, 3.8) is 0 Å². The molecule has 0 heterocycles. The Balaban J connectivity index is 2.63. The van der Waals surface area contributed by atoms with Crippen LogP contribution in [0, 0.1) is 0 Å². The smallest absolute Gasteiger partial charge is 0.246 e. The zero-order valence-electron chi connectivity index (χ0n) is 14.2. The van der Waals surface area contributed by atoms with Gasteiger partial charge in [0.05, 0.1) is 0 Å². The molecule has 25 heavy (non-hydrogen) atoms. The molecular weight excluding hydrogens is 390 g/mol. The lowest BCUT2D eigenvalue weighted by Gasteiger charge is -2.18. The van der Waals surface area contributed by atoms with Gasteiger partial charge in [0.25, 0.3) is 0 Å². The summed E-state index contributed by atoms with van der Waals surface area (Å²) < 4.78 is 0.840. The van der Waals surface area contributed by atoms with Crippen LogP contribution in [0.3, 0.4) is 0 Å². The highest BCUT2D eigenvalue weighted by molar-refractivity contribution is 9.10. The van der Waals surface area contributed by atoms with Gasteiger partial charge in [-0.1, -0.05) is 35.3 Å². The summed E-state index contributed by atoms with van der Waals surface area (Å²) in [4.78, 5) is 35.4. The van der Waals surface area contributed by atoms with Gasteiger partial charge >= 0.3 is 0 Å². The molecule has 0 aliphatic rings. The molecule has 7 nitrogen and oxygen atoms in total. The summed E-state index contributed by atoms with van der Waals surface area (Å²) in [5, 5.41) is 14.0. The number of carbonyl (C=O) groups excluding carboxylic acids is 3. The molecule has 0 aliphatic heterocycles. The van der Waals surface area contributed by atoms with Crippen LogP contribution in [0.4, 0.5) is 5.69 Å². The molecule has 138 valence electrons. The van der Waals surface area contributed by atoms with Crippen molar-refractivity contribution in [1.82, 2.24) is 10.8 Å². The van der Waals surface area contributed by atoms with Crippen molar-refractivity contribution in [3.8, 4) is 0 Å². The number of halogens is 1. The second kappa shape index (κ2) is 11.6. The van der Waals surface area contributed by atoms with Gasteiger partial charge in [-0.25, -0.2) is 5.48 Å². The Morgan fingerprint density at radius 1 is 1.16 bits per heavy atom. The molecule has 1 rings (SSSR count). The first-order chi connectivity index (χ1) is 12.0.